The molecule has 2 aliphatic heterocycles. The Hall–Kier alpha value is -0.120. The topological polar surface area (TPSA) is 26.7 Å². The Balaban J connectivity index is 0.000000151. The fourth-order valence-electron chi connectivity index (χ4n) is 1.77. The molecule has 2 fully saturated rings. The maximum atomic E-state index is 8.83. The van der Waals surface area contributed by atoms with E-state index in [9.17, 15) is 0 Å². The second-order valence-electron chi connectivity index (χ2n) is 5.18. The minimum atomic E-state index is -0.0441. The SMILES string of the molecule is CC(C)N1CC(O)C1.CC(C)N1CCC1. The third-order valence-electron chi connectivity index (χ3n) is 3.24. The van der Waals surface area contributed by atoms with Gasteiger partial charge in [-0.25, -0.2) is 0 Å². The van der Waals surface area contributed by atoms with Gasteiger partial charge in [-0.1, -0.05) is 0 Å². The lowest BCUT2D eigenvalue weighted by molar-refractivity contribution is -0.0161. The molecule has 15 heavy (non-hydrogen) atoms. The Kier molecular flexibility index (Phi) is 5.03. The molecule has 0 saturated carbocycles. The Bertz CT molecular complexity index is 172. The lowest BCUT2D eigenvalue weighted by Crippen LogP contribution is -2.53. The zero-order valence-corrected chi connectivity index (χ0v) is 10.6. The van der Waals surface area contributed by atoms with Crippen molar-refractivity contribution in [3.05, 3.63) is 0 Å². The van der Waals surface area contributed by atoms with E-state index in [1.807, 2.05) is 0 Å². The van der Waals surface area contributed by atoms with E-state index in [0.29, 0.717) is 6.04 Å². The highest BCUT2D eigenvalue weighted by Gasteiger charge is 2.25. The number of aliphatic hydroxyl groups is 1. The number of hydrogen-bond acceptors (Lipinski definition) is 3. The van der Waals surface area contributed by atoms with E-state index in [-0.39, 0.29) is 6.10 Å². The first-order valence-corrected chi connectivity index (χ1v) is 6.17. The molecule has 1 N–H and O–H groups in total. The van der Waals surface area contributed by atoms with Crippen molar-refractivity contribution in [3.63, 3.8) is 0 Å². The molecule has 2 rings (SSSR count). The van der Waals surface area contributed by atoms with Crippen LogP contribution in [0.2, 0.25) is 0 Å². The largest absolute Gasteiger partial charge is 0.390 e. The summed E-state index contributed by atoms with van der Waals surface area (Å²) in [4.78, 5) is 4.71. The third-order valence-corrected chi connectivity index (χ3v) is 3.24. The van der Waals surface area contributed by atoms with Crippen LogP contribution < -0.4 is 0 Å². The standard InChI is InChI=1S/C6H13NO.C6H13N/c1-5(2)7-3-6(8)4-7;1-6(2)7-4-3-5-7/h5-6,8H,3-4H2,1-2H3;6H,3-5H2,1-2H3. The summed E-state index contributed by atoms with van der Waals surface area (Å²) in [5, 5.41) is 8.83. The third kappa shape index (κ3) is 4.09. The Morgan fingerprint density at radius 2 is 1.40 bits per heavy atom. The minimum absolute atomic E-state index is 0.0441. The number of aliphatic hydroxyl groups excluding tert-OH is 1. The van der Waals surface area contributed by atoms with Crippen LogP contribution in [0.15, 0.2) is 0 Å². The summed E-state index contributed by atoms with van der Waals surface area (Å²) in [6.45, 7) is 13.2. The molecule has 0 aliphatic carbocycles. The highest BCUT2D eigenvalue weighted by molar-refractivity contribution is 4.80. The summed E-state index contributed by atoms with van der Waals surface area (Å²) in [6, 6.07) is 1.40. The first-order chi connectivity index (χ1) is 7.00. The molecular formula is C12H26N2O. The number of likely N-dealkylation sites (tertiary alicyclic amines) is 2. The van der Waals surface area contributed by atoms with Crippen LogP contribution in [0.25, 0.3) is 0 Å². The molecule has 0 amide bonds. The predicted octanol–water partition coefficient (Wildman–Crippen LogP) is 1.17. The van der Waals surface area contributed by atoms with Gasteiger partial charge in [0.2, 0.25) is 0 Å². The van der Waals surface area contributed by atoms with Crippen LogP contribution in [-0.4, -0.2) is 59.3 Å². The van der Waals surface area contributed by atoms with Crippen molar-refractivity contribution in [3.8, 4) is 0 Å². The van der Waals surface area contributed by atoms with Crippen LogP contribution in [0, 0.1) is 0 Å². The van der Waals surface area contributed by atoms with E-state index in [1.54, 1.807) is 0 Å². The zero-order valence-electron chi connectivity index (χ0n) is 10.6. The highest BCUT2D eigenvalue weighted by atomic mass is 16.3. The summed E-state index contributed by atoms with van der Waals surface area (Å²) < 4.78 is 0. The first-order valence-electron chi connectivity index (χ1n) is 6.17. The summed E-state index contributed by atoms with van der Waals surface area (Å²) >= 11 is 0. The molecule has 2 aliphatic rings. The minimum Gasteiger partial charge on any atom is -0.390 e. The number of nitrogens with zero attached hydrogens (tertiary/aromatic N) is 2. The van der Waals surface area contributed by atoms with Crippen LogP contribution >= 0.6 is 0 Å². The fraction of sp³-hybridized carbons (Fsp3) is 1.00. The van der Waals surface area contributed by atoms with Gasteiger partial charge in [-0.05, 0) is 47.2 Å². The summed E-state index contributed by atoms with van der Waals surface area (Å²) in [5.41, 5.74) is 0. The second-order valence-corrected chi connectivity index (χ2v) is 5.18. The smallest absolute Gasteiger partial charge is 0.0794 e. The molecule has 2 saturated heterocycles. The van der Waals surface area contributed by atoms with Crippen molar-refractivity contribution in [1.82, 2.24) is 9.80 Å². The van der Waals surface area contributed by atoms with E-state index in [0.717, 1.165) is 19.1 Å². The Morgan fingerprint density at radius 1 is 0.933 bits per heavy atom. The van der Waals surface area contributed by atoms with Crippen molar-refractivity contribution in [2.75, 3.05) is 26.2 Å². The number of rotatable bonds is 2. The van der Waals surface area contributed by atoms with Gasteiger partial charge in [-0.2, -0.15) is 0 Å². The number of hydrogen-bond donors (Lipinski definition) is 1. The molecule has 90 valence electrons. The molecule has 0 aromatic heterocycles. The molecule has 0 spiro atoms. The molecule has 3 heteroatoms. The Morgan fingerprint density at radius 3 is 1.47 bits per heavy atom. The van der Waals surface area contributed by atoms with Crippen LogP contribution in [0.5, 0.6) is 0 Å². The molecule has 2 heterocycles. The van der Waals surface area contributed by atoms with E-state index < -0.39 is 0 Å². The van der Waals surface area contributed by atoms with Crippen LogP contribution in [-0.2, 0) is 0 Å². The van der Waals surface area contributed by atoms with Crippen molar-refractivity contribution in [1.29, 1.82) is 0 Å². The molecule has 0 atom stereocenters. The van der Waals surface area contributed by atoms with Gasteiger partial charge in [0.25, 0.3) is 0 Å². The van der Waals surface area contributed by atoms with Crippen molar-refractivity contribution >= 4 is 0 Å². The van der Waals surface area contributed by atoms with Gasteiger partial charge in [0.1, 0.15) is 0 Å². The van der Waals surface area contributed by atoms with Crippen molar-refractivity contribution in [2.24, 2.45) is 0 Å². The second kappa shape index (κ2) is 5.83. The van der Waals surface area contributed by atoms with Gasteiger partial charge in [-0.15, -0.1) is 0 Å². The maximum Gasteiger partial charge on any atom is 0.0794 e. The molecule has 0 bridgehead atoms. The van der Waals surface area contributed by atoms with Crippen LogP contribution in [0.4, 0.5) is 0 Å². The molecule has 3 nitrogen and oxygen atoms in total. The van der Waals surface area contributed by atoms with E-state index in [1.165, 1.54) is 19.5 Å². The Labute approximate surface area is 94.1 Å². The quantitative estimate of drug-likeness (QED) is 0.747. The van der Waals surface area contributed by atoms with Crippen LogP contribution in [0.1, 0.15) is 34.1 Å². The van der Waals surface area contributed by atoms with Gasteiger partial charge < -0.3 is 10.0 Å². The lowest BCUT2D eigenvalue weighted by atomic mass is 10.1. The highest BCUT2D eigenvalue weighted by Crippen LogP contribution is 2.10. The molecule has 0 aromatic carbocycles. The summed E-state index contributed by atoms with van der Waals surface area (Å²) in [5.74, 6) is 0. The van der Waals surface area contributed by atoms with E-state index in [2.05, 4.69) is 37.5 Å². The molecular weight excluding hydrogens is 188 g/mol. The van der Waals surface area contributed by atoms with E-state index >= 15 is 0 Å². The van der Waals surface area contributed by atoms with Gasteiger partial charge in [0, 0.05) is 25.2 Å². The average molecular weight is 214 g/mol. The predicted molar refractivity (Wildman–Crippen MR) is 64.0 cm³/mol. The first kappa shape index (κ1) is 12.9. The van der Waals surface area contributed by atoms with Crippen molar-refractivity contribution in [2.45, 2.75) is 52.3 Å². The van der Waals surface area contributed by atoms with Gasteiger partial charge in [-0.3, -0.25) is 4.90 Å². The van der Waals surface area contributed by atoms with Gasteiger partial charge in [0.15, 0.2) is 0 Å². The molecule has 0 radical (unpaired) electrons. The summed E-state index contributed by atoms with van der Waals surface area (Å²) in [6.07, 6.45) is 1.37. The zero-order chi connectivity index (χ0) is 11.4. The lowest BCUT2D eigenvalue weighted by Gasteiger charge is -2.38. The molecule has 0 unspecified atom stereocenters. The maximum absolute atomic E-state index is 8.83. The van der Waals surface area contributed by atoms with Gasteiger partial charge in [0.05, 0.1) is 6.10 Å². The normalized spacial score (nSPS) is 23.4. The average Bonchev–Trinajstić information content (AvgIpc) is 1.94. The van der Waals surface area contributed by atoms with Gasteiger partial charge >= 0.3 is 0 Å². The summed E-state index contributed by atoms with van der Waals surface area (Å²) in [7, 11) is 0. The number of β-amino-alcohol motifs (C(OH)–C–C–N with tert-alkyl or cyclic N) is 1. The monoisotopic (exact) mass is 214 g/mol. The van der Waals surface area contributed by atoms with E-state index in [4.69, 9.17) is 5.11 Å². The molecule has 0 aromatic rings. The fourth-order valence-corrected chi connectivity index (χ4v) is 1.77. The van der Waals surface area contributed by atoms with Crippen molar-refractivity contribution < 1.29 is 5.11 Å². The van der Waals surface area contributed by atoms with Crippen LogP contribution in [0.3, 0.4) is 0 Å².